The highest BCUT2D eigenvalue weighted by molar-refractivity contribution is 5.85. The molecule has 0 bridgehead atoms. The fourth-order valence-electron chi connectivity index (χ4n) is 3.30. The van der Waals surface area contributed by atoms with Crippen LogP contribution in [0.4, 0.5) is 5.82 Å². The first-order valence-electron chi connectivity index (χ1n) is 9.56. The quantitative estimate of drug-likeness (QED) is 0.331. The highest BCUT2D eigenvalue weighted by Gasteiger charge is 2.43. The third-order valence-electron chi connectivity index (χ3n) is 4.89. The molecule has 0 unspecified atom stereocenters. The van der Waals surface area contributed by atoms with Crippen LogP contribution in [0, 0.1) is 0 Å². The Morgan fingerprint density at radius 1 is 0.871 bits per heavy atom. The molecule has 1 fully saturated rings. The SMILES string of the molecule is Nc1ccn([C@@H]2O[C@H](CO)[C@@H](O)[C@H]2O)c(=O)n1.c1ccc2nc3ccccc3nc2c1. The van der Waals surface area contributed by atoms with Crippen LogP contribution in [-0.2, 0) is 4.74 Å². The first-order chi connectivity index (χ1) is 15.0. The zero-order valence-corrected chi connectivity index (χ0v) is 16.3. The lowest BCUT2D eigenvalue weighted by molar-refractivity contribution is -0.0549. The van der Waals surface area contributed by atoms with Crippen LogP contribution in [0.3, 0.4) is 0 Å². The van der Waals surface area contributed by atoms with Crippen molar-refractivity contribution in [1.82, 2.24) is 19.5 Å². The van der Waals surface area contributed by atoms with Gasteiger partial charge in [-0.25, -0.2) is 14.8 Å². The molecule has 160 valence electrons. The van der Waals surface area contributed by atoms with Gasteiger partial charge >= 0.3 is 5.69 Å². The molecule has 2 aromatic carbocycles. The molecule has 1 saturated heterocycles. The molecule has 0 spiro atoms. The molecule has 0 amide bonds. The Balaban J connectivity index is 0.000000151. The summed E-state index contributed by atoms with van der Waals surface area (Å²) in [6.07, 6.45) is -3.27. The van der Waals surface area contributed by atoms with Crippen molar-refractivity contribution in [2.75, 3.05) is 12.3 Å². The van der Waals surface area contributed by atoms with E-state index in [2.05, 4.69) is 15.0 Å². The zero-order valence-electron chi connectivity index (χ0n) is 16.3. The van der Waals surface area contributed by atoms with Crippen LogP contribution in [0.5, 0.6) is 0 Å². The van der Waals surface area contributed by atoms with Gasteiger partial charge in [0.25, 0.3) is 0 Å². The number of para-hydroxylation sites is 4. The smallest absolute Gasteiger partial charge is 0.351 e. The summed E-state index contributed by atoms with van der Waals surface area (Å²) in [6, 6.07) is 17.2. The molecule has 5 N–H and O–H groups in total. The van der Waals surface area contributed by atoms with E-state index in [1.54, 1.807) is 0 Å². The minimum atomic E-state index is -1.31. The Morgan fingerprint density at radius 3 is 1.81 bits per heavy atom. The van der Waals surface area contributed by atoms with Crippen molar-refractivity contribution in [3.05, 3.63) is 71.3 Å². The van der Waals surface area contributed by atoms with Gasteiger partial charge in [-0.3, -0.25) is 4.57 Å². The number of aliphatic hydroxyl groups is 3. The molecule has 1 aliphatic heterocycles. The van der Waals surface area contributed by atoms with Gasteiger partial charge in [0.05, 0.1) is 28.7 Å². The summed E-state index contributed by atoms with van der Waals surface area (Å²) in [7, 11) is 0. The summed E-state index contributed by atoms with van der Waals surface area (Å²) >= 11 is 0. The molecule has 2 aromatic heterocycles. The topological polar surface area (TPSA) is 157 Å². The lowest BCUT2D eigenvalue weighted by Crippen LogP contribution is -2.36. The highest BCUT2D eigenvalue weighted by atomic mass is 16.6. The van der Waals surface area contributed by atoms with Crippen molar-refractivity contribution in [2.45, 2.75) is 24.5 Å². The number of nitrogens with zero attached hydrogens (tertiary/aromatic N) is 4. The summed E-state index contributed by atoms with van der Waals surface area (Å²) in [5.74, 6) is 0.0537. The maximum atomic E-state index is 11.5. The Morgan fingerprint density at radius 2 is 1.39 bits per heavy atom. The Hall–Kier alpha value is -3.44. The second-order valence-electron chi connectivity index (χ2n) is 6.97. The lowest BCUT2D eigenvalue weighted by Gasteiger charge is -2.16. The van der Waals surface area contributed by atoms with E-state index in [0.717, 1.165) is 26.6 Å². The molecule has 0 aliphatic carbocycles. The van der Waals surface area contributed by atoms with E-state index in [0.29, 0.717) is 0 Å². The van der Waals surface area contributed by atoms with E-state index in [1.165, 1.54) is 12.3 Å². The predicted octanol–water partition coefficient (Wildman–Crippen LogP) is 0.220. The van der Waals surface area contributed by atoms with Crippen molar-refractivity contribution >= 4 is 27.9 Å². The van der Waals surface area contributed by atoms with E-state index >= 15 is 0 Å². The Kier molecular flexibility index (Phi) is 5.87. The molecule has 10 nitrogen and oxygen atoms in total. The minimum absolute atomic E-state index is 0.0537. The van der Waals surface area contributed by atoms with Gasteiger partial charge in [0.1, 0.15) is 24.1 Å². The van der Waals surface area contributed by atoms with E-state index < -0.39 is 36.8 Å². The summed E-state index contributed by atoms with van der Waals surface area (Å²) < 4.78 is 6.19. The van der Waals surface area contributed by atoms with Crippen molar-refractivity contribution in [2.24, 2.45) is 0 Å². The van der Waals surface area contributed by atoms with Gasteiger partial charge in [0.15, 0.2) is 6.23 Å². The first kappa shape index (κ1) is 20.8. The molecule has 1 aliphatic rings. The van der Waals surface area contributed by atoms with Crippen LogP contribution < -0.4 is 11.4 Å². The van der Waals surface area contributed by atoms with Crippen LogP contribution in [0.1, 0.15) is 6.23 Å². The maximum Gasteiger partial charge on any atom is 0.351 e. The van der Waals surface area contributed by atoms with Crippen molar-refractivity contribution in [3.8, 4) is 0 Å². The van der Waals surface area contributed by atoms with E-state index in [1.807, 2.05) is 48.5 Å². The van der Waals surface area contributed by atoms with Crippen molar-refractivity contribution < 1.29 is 20.1 Å². The lowest BCUT2D eigenvalue weighted by atomic mass is 10.1. The van der Waals surface area contributed by atoms with Crippen LogP contribution in [0.15, 0.2) is 65.6 Å². The number of nitrogens with two attached hydrogens (primary N) is 1. The zero-order chi connectivity index (χ0) is 22.0. The average Bonchev–Trinajstić information content (AvgIpc) is 3.06. The van der Waals surface area contributed by atoms with Gasteiger partial charge in [-0.05, 0) is 30.3 Å². The number of benzene rings is 2. The van der Waals surface area contributed by atoms with Crippen LogP contribution in [0.2, 0.25) is 0 Å². The molecule has 0 saturated carbocycles. The fraction of sp³-hybridized carbons (Fsp3) is 0.238. The molecule has 5 rings (SSSR count). The van der Waals surface area contributed by atoms with Gasteiger partial charge in [-0.2, -0.15) is 4.98 Å². The fourth-order valence-corrected chi connectivity index (χ4v) is 3.30. The number of hydrogen-bond acceptors (Lipinski definition) is 9. The van der Waals surface area contributed by atoms with Crippen LogP contribution in [0.25, 0.3) is 22.1 Å². The molecule has 10 heteroatoms. The molecule has 3 heterocycles. The van der Waals surface area contributed by atoms with Gasteiger partial charge in [-0.15, -0.1) is 0 Å². The van der Waals surface area contributed by atoms with Crippen LogP contribution >= 0.6 is 0 Å². The van der Waals surface area contributed by atoms with Crippen molar-refractivity contribution in [3.63, 3.8) is 0 Å². The number of nitrogen functional groups attached to an aromatic ring is 1. The van der Waals surface area contributed by atoms with Crippen molar-refractivity contribution in [1.29, 1.82) is 0 Å². The molecule has 31 heavy (non-hydrogen) atoms. The average molecular weight is 423 g/mol. The van der Waals surface area contributed by atoms with Gasteiger partial charge in [-0.1, -0.05) is 24.3 Å². The minimum Gasteiger partial charge on any atom is -0.394 e. The molecule has 0 radical (unpaired) electrons. The largest absolute Gasteiger partial charge is 0.394 e. The highest BCUT2D eigenvalue weighted by Crippen LogP contribution is 2.27. The van der Waals surface area contributed by atoms with E-state index in [-0.39, 0.29) is 5.82 Å². The maximum absolute atomic E-state index is 11.5. The number of fused-ring (bicyclic) bond motifs is 2. The second-order valence-corrected chi connectivity index (χ2v) is 6.97. The number of rotatable bonds is 2. The normalized spacial score (nSPS) is 22.9. The number of hydrogen-bond donors (Lipinski definition) is 4. The number of ether oxygens (including phenoxy) is 1. The predicted molar refractivity (Wildman–Crippen MR) is 113 cm³/mol. The Bertz CT molecular complexity index is 1160. The van der Waals surface area contributed by atoms with Gasteiger partial charge in [0, 0.05) is 6.20 Å². The molecular formula is C21H21N5O5. The molecule has 4 atom stereocenters. The summed E-state index contributed by atoms with van der Waals surface area (Å²) in [5.41, 5.74) is 8.43. The third-order valence-corrected chi connectivity index (χ3v) is 4.89. The number of aromatic nitrogens is 4. The summed E-state index contributed by atoms with van der Waals surface area (Å²) in [6.45, 7) is -0.453. The van der Waals surface area contributed by atoms with E-state index in [9.17, 15) is 15.0 Å². The Labute approximate surface area is 176 Å². The third kappa shape index (κ3) is 4.23. The first-order valence-corrected chi connectivity index (χ1v) is 9.56. The summed E-state index contributed by atoms with van der Waals surface area (Å²) in [4.78, 5) is 24.0. The van der Waals surface area contributed by atoms with Gasteiger partial charge in [0.2, 0.25) is 0 Å². The molecular weight excluding hydrogens is 402 g/mol. The standard InChI is InChI=1S/C12H8N2.C9H13N3O5/c1-2-6-10-9(5-1)13-11-7-3-4-8-12(11)14-10;10-5-1-2-12(9(16)11-5)8-7(15)6(14)4(3-13)17-8/h1-8H;1-2,4,6-8,13-15H,3H2,(H2,10,11,16)/t;4-,6-,7-,8-/m.1/s1. The van der Waals surface area contributed by atoms with Crippen LogP contribution in [-0.4, -0.2) is 59.8 Å². The summed E-state index contributed by atoms with van der Waals surface area (Å²) in [5, 5.41) is 28.2. The van der Waals surface area contributed by atoms with E-state index in [4.69, 9.17) is 15.6 Å². The molecule has 4 aromatic rings. The number of aliphatic hydroxyl groups excluding tert-OH is 3. The number of anilines is 1. The monoisotopic (exact) mass is 423 g/mol. The van der Waals surface area contributed by atoms with Gasteiger partial charge < -0.3 is 25.8 Å². The second kappa shape index (κ2) is 8.74.